The molecule has 1 aliphatic rings. The van der Waals surface area contributed by atoms with Crippen LogP contribution in [0.4, 0.5) is 0 Å². The van der Waals surface area contributed by atoms with Gasteiger partial charge in [0.2, 0.25) is 0 Å². The molecule has 0 aliphatic heterocycles. The second-order valence-corrected chi connectivity index (χ2v) is 5.34. The summed E-state index contributed by atoms with van der Waals surface area (Å²) in [6.45, 7) is 8.86. The number of carbonyl (C=O) groups excluding carboxylic acids is 1. The molecule has 0 aromatic carbocycles. The standard InChI is InChI=1S/C14H26O2/c1-5-14(4,16-6-2)13(15)12-9-7-11(3)8-10-12/h11-12H,5-10H2,1-4H3. The zero-order chi connectivity index (χ0) is 12.2. The highest BCUT2D eigenvalue weighted by Gasteiger charge is 2.37. The van der Waals surface area contributed by atoms with E-state index in [-0.39, 0.29) is 5.92 Å². The Kier molecular flexibility index (Phi) is 4.97. The first kappa shape index (κ1) is 13.7. The molecule has 2 heteroatoms. The minimum atomic E-state index is -0.542. The van der Waals surface area contributed by atoms with E-state index < -0.39 is 5.60 Å². The Morgan fingerprint density at radius 1 is 1.25 bits per heavy atom. The summed E-state index contributed by atoms with van der Waals surface area (Å²) in [7, 11) is 0. The topological polar surface area (TPSA) is 26.3 Å². The molecule has 94 valence electrons. The number of carbonyl (C=O) groups is 1. The molecule has 1 atom stereocenters. The summed E-state index contributed by atoms with van der Waals surface area (Å²) in [5, 5.41) is 0. The van der Waals surface area contributed by atoms with Gasteiger partial charge in [0.1, 0.15) is 5.60 Å². The first-order valence-corrected chi connectivity index (χ1v) is 6.71. The van der Waals surface area contributed by atoms with Crippen molar-refractivity contribution in [2.75, 3.05) is 6.61 Å². The van der Waals surface area contributed by atoms with E-state index in [1.807, 2.05) is 20.8 Å². The van der Waals surface area contributed by atoms with E-state index in [0.717, 1.165) is 25.2 Å². The molecule has 2 nitrogen and oxygen atoms in total. The molecule has 0 bridgehead atoms. The minimum Gasteiger partial charge on any atom is -0.368 e. The van der Waals surface area contributed by atoms with Crippen molar-refractivity contribution in [2.24, 2.45) is 11.8 Å². The van der Waals surface area contributed by atoms with E-state index in [4.69, 9.17) is 4.74 Å². The van der Waals surface area contributed by atoms with Crippen LogP contribution in [0.1, 0.15) is 59.8 Å². The molecule has 0 heterocycles. The van der Waals surface area contributed by atoms with E-state index in [1.54, 1.807) is 0 Å². The third-order valence-electron chi connectivity index (χ3n) is 4.05. The van der Waals surface area contributed by atoms with Gasteiger partial charge < -0.3 is 4.74 Å². The first-order valence-electron chi connectivity index (χ1n) is 6.71. The van der Waals surface area contributed by atoms with E-state index in [2.05, 4.69) is 6.92 Å². The summed E-state index contributed by atoms with van der Waals surface area (Å²) in [5.41, 5.74) is -0.542. The molecule has 0 aromatic rings. The molecule has 1 rings (SSSR count). The third kappa shape index (κ3) is 3.07. The fraction of sp³-hybridized carbons (Fsp3) is 0.929. The summed E-state index contributed by atoms with van der Waals surface area (Å²) in [6, 6.07) is 0. The quantitative estimate of drug-likeness (QED) is 0.716. The average molecular weight is 226 g/mol. The van der Waals surface area contributed by atoms with Crippen LogP contribution >= 0.6 is 0 Å². The minimum absolute atomic E-state index is 0.243. The van der Waals surface area contributed by atoms with Gasteiger partial charge >= 0.3 is 0 Å². The lowest BCUT2D eigenvalue weighted by atomic mass is 9.76. The van der Waals surface area contributed by atoms with Gasteiger partial charge in [-0.2, -0.15) is 0 Å². The lowest BCUT2D eigenvalue weighted by Gasteiger charge is -2.33. The van der Waals surface area contributed by atoms with Gasteiger partial charge in [-0.1, -0.05) is 26.7 Å². The van der Waals surface area contributed by atoms with E-state index in [0.29, 0.717) is 12.4 Å². The largest absolute Gasteiger partial charge is 0.368 e. The van der Waals surface area contributed by atoms with Gasteiger partial charge in [-0.15, -0.1) is 0 Å². The van der Waals surface area contributed by atoms with Gasteiger partial charge in [0.15, 0.2) is 5.78 Å². The van der Waals surface area contributed by atoms with Crippen LogP contribution in [0, 0.1) is 11.8 Å². The number of ether oxygens (including phenoxy) is 1. The normalized spacial score (nSPS) is 29.8. The average Bonchev–Trinajstić information content (AvgIpc) is 2.29. The Hall–Kier alpha value is -0.370. The van der Waals surface area contributed by atoms with Crippen LogP contribution in [0.15, 0.2) is 0 Å². The molecule has 0 aromatic heterocycles. The van der Waals surface area contributed by atoms with Crippen molar-refractivity contribution in [2.45, 2.75) is 65.4 Å². The number of rotatable bonds is 5. The number of hydrogen-bond acceptors (Lipinski definition) is 2. The predicted molar refractivity (Wildman–Crippen MR) is 66.5 cm³/mol. The van der Waals surface area contributed by atoms with Gasteiger partial charge in [0.05, 0.1) is 0 Å². The second kappa shape index (κ2) is 5.81. The summed E-state index contributed by atoms with van der Waals surface area (Å²) in [5.74, 6) is 1.38. The Morgan fingerprint density at radius 2 is 1.81 bits per heavy atom. The highest BCUT2D eigenvalue weighted by Crippen LogP contribution is 2.33. The van der Waals surface area contributed by atoms with Crippen molar-refractivity contribution in [3.63, 3.8) is 0 Å². The van der Waals surface area contributed by atoms with E-state index in [9.17, 15) is 4.79 Å². The maximum absolute atomic E-state index is 12.4. The highest BCUT2D eigenvalue weighted by atomic mass is 16.5. The van der Waals surface area contributed by atoms with Crippen molar-refractivity contribution in [1.82, 2.24) is 0 Å². The molecular weight excluding hydrogens is 200 g/mol. The Balaban J connectivity index is 2.61. The van der Waals surface area contributed by atoms with Crippen LogP contribution in [0.3, 0.4) is 0 Å². The monoisotopic (exact) mass is 226 g/mol. The zero-order valence-electron chi connectivity index (χ0n) is 11.2. The number of ketones is 1. The van der Waals surface area contributed by atoms with Crippen LogP contribution in [0.25, 0.3) is 0 Å². The molecule has 1 fully saturated rings. The van der Waals surface area contributed by atoms with Gasteiger partial charge in [-0.05, 0) is 39.0 Å². The number of hydrogen-bond donors (Lipinski definition) is 0. The smallest absolute Gasteiger partial charge is 0.167 e. The van der Waals surface area contributed by atoms with Crippen molar-refractivity contribution in [1.29, 1.82) is 0 Å². The van der Waals surface area contributed by atoms with Crippen LogP contribution in [0.2, 0.25) is 0 Å². The van der Waals surface area contributed by atoms with Crippen LogP contribution < -0.4 is 0 Å². The Labute approximate surface area is 99.8 Å². The van der Waals surface area contributed by atoms with Gasteiger partial charge in [-0.25, -0.2) is 0 Å². The molecular formula is C14H26O2. The molecule has 0 amide bonds. The molecule has 0 spiro atoms. The fourth-order valence-electron chi connectivity index (χ4n) is 2.62. The summed E-state index contributed by atoms with van der Waals surface area (Å²) >= 11 is 0. The molecule has 0 radical (unpaired) electrons. The van der Waals surface area contributed by atoms with Gasteiger partial charge in [-0.3, -0.25) is 4.79 Å². The second-order valence-electron chi connectivity index (χ2n) is 5.34. The summed E-state index contributed by atoms with van der Waals surface area (Å²) in [6.07, 6.45) is 5.29. The maximum Gasteiger partial charge on any atom is 0.167 e. The molecule has 0 N–H and O–H groups in total. The molecule has 1 saturated carbocycles. The van der Waals surface area contributed by atoms with E-state index >= 15 is 0 Å². The van der Waals surface area contributed by atoms with Gasteiger partial charge in [0.25, 0.3) is 0 Å². The molecule has 1 aliphatic carbocycles. The lowest BCUT2D eigenvalue weighted by Crippen LogP contribution is -2.43. The Bertz CT molecular complexity index is 229. The first-order chi connectivity index (χ1) is 7.53. The van der Waals surface area contributed by atoms with Crippen molar-refractivity contribution < 1.29 is 9.53 Å². The maximum atomic E-state index is 12.4. The molecule has 1 unspecified atom stereocenters. The SMILES string of the molecule is CCOC(C)(CC)C(=O)C1CCC(C)CC1. The summed E-state index contributed by atoms with van der Waals surface area (Å²) in [4.78, 5) is 12.4. The molecule has 16 heavy (non-hydrogen) atoms. The summed E-state index contributed by atoms with van der Waals surface area (Å²) < 4.78 is 5.67. The van der Waals surface area contributed by atoms with Crippen molar-refractivity contribution in [3.05, 3.63) is 0 Å². The van der Waals surface area contributed by atoms with Crippen LogP contribution in [0.5, 0.6) is 0 Å². The van der Waals surface area contributed by atoms with Crippen molar-refractivity contribution in [3.8, 4) is 0 Å². The van der Waals surface area contributed by atoms with Crippen molar-refractivity contribution >= 4 is 5.78 Å². The van der Waals surface area contributed by atoms with Gasteiger partial charge in [0, 0.05) is 12.5 Å². The highest BCUT2D eigenvalue weighted by molar-refractivity contribution is 5.89. The zero-order valence-corrected chi connectivity index (χ0v) is 11.2. The fourth-order valence-corrected chi connectivity index (χ4v) is 2.62. The Morgan fingerprint density at radius 3 is 2.25 bits per heavy atom. The molecule has 0 saturated heterocycles. The lowest BCUT2D eigenvalue weighted by molar-refractivity contribution is -0.148. The third-order valence-corrected chi connectivity index (χ3v) is 4.05. The van der Waals surface area contributed by atoms with Crippen LogP contribution in [-0.2, 0) is 9.53 Å². The van der Waals surface area contributed by atoms with Crippen LogP contribution in [-0.4, -0.2) is 18.0 Å². The number of Topliss-reactive ketones (excluding diaryl/α,β-unsaturated/α-hetero) is 1. The van der Waals surface area contributed by atoms with E-state index in [1.165, 1.54) is 12.8 Å². The predicted octanol–water partition coefficient (Wildman–Crippen LogP) is 3.59.